The van der Waals surface area contributed by atoms with Crippen molar-refractivity contribution in [3.63, 3.8) is 0 Å². The van der Waals surface area contributed by atoms with E-state index in [1.165, 1.54) is 12.3 Å². The summed E-state index contributed by atoms with van der Waals surface area (Å²) in [5.41, 5.74) is 0. The van der Waals surface area contributed by atoms with E-state index in [1.807, 2.05) is 0 Å². The Morgan fingerprint density at radius 2 is 2.17 bits per heavy atom. The lowest BCUT2D eigenvalue weighted by Crippen LogP contribution is -2.30. The summed E-state index contributed by atoms with van der Waals surface area (Å²) in [4.78, 5) is 3.39. The Morgan fingerprint density at radius 1 is 1.50 bits per heavy atom. The van der Waals surface area contributed by atoms with Crippen LogP contribution in [-0.4, -0.2) is 18.2 Å². The summed E-state index contributed by atoms with van der Waals surface area (Å²) in [7, 11) is 0. The number of aliphatic imine (C=N–C) groups is 1. The van der Waals surface area contributed by atoms with Gasteiger partial charge in [0.1, 0.15) is 5.92 Å². The number of allylic oxidation sites excluding steroid dienone is 1. The summed E-state index contributed by atoms with van der Waals surface area (Å²) in [6.07, 6.45) is -0.980. The van der Waals surface area contributed by atoms with Crippen molar-refractivity contribution in [1.29, 1.82) is 0 Å². The van der Waals surface area contributed by atoms with Gasteiger partial charge in [-0.3, -0.25) is 0 Å². The fourth-order valence-electron chi connectivity index (χ4n) is 0.816. The van der Waals surface area contributed by atoms with Gasteiger partial charge in [0, 0.05) is 6.21 Å². The molecule has 6 heteroatoms. The third-order valence-corrected chi connectivity index (χ3v) is 1.36. The molecule has 1 rings (SSSR count). The first-order valence-corrected chi connectivity index (χ1v) is 3.11. The van der Waals surface area contributed by atoms with Crippen LogP contribution in [0.5, 0.6) is 0 Å². The number of nitrogens with zero attached hydrogens (tertiary/aromatic N) is 2. The highest BCUT2D eigenvalue weighted by Gasteiger charge is 2.42. The van der Waals surface area contributed by atoms with Crippen molar-refractivity contribution in [2.24, 2.45) is 21.9 Å². The lowest BCUT2D eigenvalue weighted by Gasteiger charge is -2.16. The van der Waals surface area contributed by atoms with Gasteiger partial charge in [-0.2, -0.15) is 18.3 Å². The summed E-state index contributed by atoms with van der Waals surface area (Å²) in [5.74, 6) is 2.55. The minimum absolute atomic E-state index is 0.412. The van der Waals surface area contributed by atoms with Gasteiger partial charge < -0.3 is 5.84 Å². The zero-order valence-electron chi connectivity index (χ0n) is 5.92. The van der Waals surface area contributed by atoms with Crippen LogP contribution in [0.4, 0.5) is 13.2 Å². The minimum atomic E-state index is -4.37. The van der Waals surface area contributed by atoms with Crippen LogP contribution >= 0.6 is 0 Å². The molecule has 1 heterocycles. The van der Waals surface area contributed by atoms with E-state index in [2.05, 4.69) is 10.1 Å². The second-order valence-corrected chi connectivity index (χ2v) is 2.17. The smallest absolute Gasteiger partial charge is 0.321 e. The summed E-state index contributed by atoms with van der Waals surface area (Å²) < 4.78 is 36.4. The van der Waals surface area contributed by atoms with Gasteiger partial charge in [0.15, 0.2) is 5.84 Å². The van der Waals surface area contributed by atoms with Gasteiger partial charge in [-0.1, -0.05) is 6.08 Å². The molecular formula is C6H6F3N3. The van der Waals surface area contributed by atoms with E-state index in [0.29, 0.717) is 0 Å². The molecule has 3 nitrogen and oxygen atoms in total. The highest BCUT2D eigenvalue weighted by atomic mass is 19.4. The maximum Gasteiger partial charge on any atom is 0.402 e. The summed E-state index contributed by atoms with van der Waals surface area (Å²) >= 11 is 0. The summed E-state index contributed by atoms with van der Waals surface area (Å²) in [6, 6.07) is 0. The van der Waals surface area contributed by atoms with Crippen LogP contribution < -0.4 is 5.84 Å². The molecule has 0 bridgehead atoms. The molecular weight excluding hydrogens is 171 g/mol. The van der Waals surface area contributed by atoms with Crippen LogP contribution in [0, 0.1) is 5.92 Å². The molecule has 0 saturated heterocycles. The minimum Gasteiger partial charge on any atom is -0.321 e. The molecule has 0 aliphatic carbocycles. The van der Waals surface area contributed by atoms with Crippen LogP contribution in [0.2, 0.25) is 0 Å². The number of alkyl halides is 3. The van der Waals surface area contributed by atoms with Crippen LogP contribution in [0.3, 0.4) is 0 Å². The molecule has 12 heavy (non-hydrogen) atoms. The fourth-order valence-corrected chi connectivity index (χ4v) is 0.816. The van der Waals surface area contributed by atoms with E-state index < -0.39 is 17.9 Å². The highest BCUT2D eigenvalue weighted by molar-refractivity contribution is 5.98. The highest BCUT2D eigenvalue weighted by Crippen LogP contribution is 2.29. The molecule has 0 spiro atoms. The van der Waals surface area contributed by atoms with Gasteiger partial charge in [0.25, 0.3) is 0 Å². The lowest BCUT2D eigenvalue weighted by atomic mass is 10.1. The SMILES string of the molecule is N/N=C1\N=CC=CC1C(F)(F)F. The van der Waals surface area contributed by atoms with Gasteiger partial charge in [0.2, 0.25) is 0 Å². The summed E-state index contributed by atoms with van der Waals surface area (Å²) in [6.45, 7) is 0. The molecule has 1 atom stereocenters. The molecule has 1 aliphatic heterocycles. The third-order valence-electron chi connectivity index (χ3n) is 1.36. The molecule has 0 saturated carbocycles. The van der Waals surface area contributed by atoms with E-state index in [1.54, 1.807) is 0 Å². The zero-order valence-corrected chi connectivity index (χ0v) is 5.92. The second-order valence-electron chi connectivity index (χ2n) is 2.17. The molecule has 1 aliphatic rings. The molecule has 0 aromatic rings. The topological polar surface area (TPSA) is 50.7 Å². The van der Waals surface area contributed by atoms with E-state index in [9.17, 15) is 13.2 Å². The van der Waals surface area contributed by atoms with E-state index in [4.69, 9.17) is 5.84 Å². The predicted octanol–water partition coefficient (Wildman–Crippen LogP) is 1.08. The Morgan fingerprint density at radius 3 is 2.58 bits per heavy atom. The molecule has 2 N–H and O–H groups in total. The first-order valence-electron chi connectivity index (χ1n) is 3.11. The normalized spacial score (nSPS) is 26.6. The summed E-state index contributed by atoms with van der Waals surface area (Å²) in [5, 5.41) is 2.94. The van der Waals surface area contributed by atoms with Gasteiger partial charge in [-0.25, -0.2) is 4.99 Å². The Kier molecular flexibility index (Phi) is 2.16. The number of nitrogens with two attached hydrogens (primary N) is 1. The number of hydrazone groups is 1. The number of hydrogen-bond acceptors (Lipinski definition) is 2. The Hall–Kier alpha value is -1.33. The number of dihydropyridines is 1. The van der Waals surface area contributed by atoms with E-state index in [-0.39, 0.29) is 0 Å². The maximum absolute atomic E-state index is 12.1. The van der Waals surface area contributed by atoms with Crippen molar-refractivity contribution < 1.29 is 13.2 Å². The first kappa shape index (κ1) is 8.76. The molecule has 0 aromatic carbocycles. The number of amidine groups is 1. The number of hydrogen-bond donors (Lipinski definition) is 1. The van der Waals surface area contributed by atoms with Gasteiger partial charge >= 0.3 is 6.18 Å². The molecule has 0 radical (unpaired) electrons. The third kappa shape index (κ3) is 1.63. The van der Waals surface area contributed by atoms with Crippen molar-refractivity contribution in [2.75, 3.05) is 0 Å². The molecule has 0 aromatic heterocycles. The number of halogens is 3. The lowest BCUT2D eigenvalue weighted by molar-refractivity contribution is -0.144. The van der Waals surface area contributed by atoms with Crippen molar-refractivity contribution in [3.8, 4) is 0 Å². The monoisotopic (exact) mass is 177 g/mol. The molecule has 66 valence electrons. The maximum atomic E-state index is 12.1. The van der Waals surface area contributed by atoms with Crippen LogP contribution in [0.1, 0.15) is 0 Å². The second kappa shape index (κ2) is 2.96. The Balaban J connectivity index is 2.91. The van der Waals surface area contributed by atoms with Crippen molar-refractivity contribution in [1.82, 2.24) is 0 Å². The number of rotatable bonds is 0. The zero-order chi connectivity index (χ0) is 9.19. The standard InChI is InChI=1S/C6H6F3N3/c7-6(8,9)4-2-1-3-11-5(4)12-10/h1-4H,10H2/b12-5-. The van der Waals surface area contributed by atoms with Crippen LogP contribution in [-0.2, 0) is 0 Å². The Bertz CT molecular complexity index is 251. The largest absolute Gasteiger partial charge is 0.402 e. The predicted molar refractivity (Wildman–Crippen MR) is 38.8 cm³/mol. The first-order chi connectivity index (χ1) is 5.55. The van der Waals surface area contributed by atoms with E-state index in [0.717, 1.165) is 6.08 Å². The van der Waals surface area contributed by atoms with Crippen molar-refractivity contribution in [2.45, 2.75) is 6.18 Å². The van der Waals surface area contributed by atoms with Crippen molar-refractivity contribution in [3.05, 3.63) is 12.2 Å². The van der Waals surface area contributed by atoms with Crippen LogP contribution in [0.25, 0.3) is 0 Å². The van der Waals surface area contributed by atoms with Gasteiger partial charge in [-0.15, -0.1) is 0 Å². The fraction of sp³-hybridized carbons (Fsp3) is 0.333. The van der Waals surface area contributed by atoms with Gasteiger partial charge in [-0.05, 0) is 6.08 Å². The van der Waals surface area contributed by atoms with Gasteiger partial charge in [0.05, 0.1) is 0 Å². The molecule has 0 fully saturated rings. The quantitative estimate of drug-likeness (QED) is 0.436. The van der Waals surface area contributed by atoms with E-state index >= 15 is 0 Å². The average Bonchev–Trinajstić information content (AvgIpc) is 2.03. The average molecular weight is 177 g/mol. The van der Waals surface area contributed by atoms with Crippen LogP contribution in [0.15, 0.2) is 22.2 Å². The molecule has 1 unspecified atom stereocenters. The Labute approximate surface area is 66.5 Å². The molecule has 0 amide bonds. The van der Waals surface area contributed by atoms with Crippen molar-refractivity contribution >= 4 is 12.1 Å².